The van der Waals surface area contributed by atoms with Gasteiger partial charge in [0.05, 0.1) is 31.6 Å². The average molecular weight is 698 g/mol. The fraction of sp³-hybridized carbons (Fsp3) is 0.0278. The number of hydrogen-bond acceptors (Lipinski definition) is 8. The fourth-order valence-corrected chi connectivity index (χ4v) is 8.35. The zero-order valence-electron chi connectivity index (χ0n) is 24.4. The number of hydrogen-bond donors (Lipinski definition) is 0. The Hall–Kier alpha value is -5.79. The summed E-state index contributed by atoms with van der Waals surface area (Å²) in [6.07, 6.45) is 1.86. The van der Waals surface area contributed by atoms with Crippen LogP contribution < -0.4 is 0 Å². The molecule has 7 nitrogen and oxygen atoms in total. The standard InChI is InChI=1S/C36H15F4NO6S2/c37-16-6-20-22(30(42)32(44)28(20)24(39)8-16)10-18-12-26-34(48-18)35-27(41(26)36(46)47-14-15-4-2-1-3-5-15)13-19(49-35)11-23-21-7-17(38)9-25(40)29(21)33(45)31(23)43/h1-13H,14H2/b22-10-,23-11-. The Kier molecular flexibility index (Phi) is 6.94. The molecule has 8 rings (SSSR count). The molecule has 2 aliphatic carbocycles. The molecule has 0 radical (unpaired) electrons. The molecule has 0 amide bonds. The molecule has 3 heterocycles. The number of halogens is 4. The zero-order valence-corrected chi connectivity index (χ0v) is 26.1. The summed E-state index contributed by atoms with van der Waals surface area (Å²) in [5.74, 6) is -8.47. The van der Waals surface area contributed by atoms with Crippen LogP contribution >= 0.6 is 22.7 Å². The highest BCUT2D eigenvalue weighted by Crippen LogP contribution is 2.44. The largest absolute Gasteiger partial charge is 0.444 e. The first-order chi connectivity index (χ1) is 23.5. The number of nitrogens with zero attached hydrogens (tertiary/aromatic N) is 1. The molecule has 0 aliphatic heterocycles. The van der Waals surface area contributed by atoms with Crippen LogP contribution in [-0.2, 0) is 20.9 Å². The maximum atomic E-state index is 14.5. The number of aromatic nitrogens is 1. The summed E-state index contributed by atoms with van der Waals surface area (Å²) in [5.41, 5.74) is -0.401. The molecule has 13 heteroatoms. The van der Waals surface area contributed by atoms with Gasteiger partial charge in [-0.25, -0.2) is 26.9 Å². The van der Waals surface area contributed by atoms with Crippen LogP contribution in [0.3, 0.4) is 0 Å². The number of Topliss-reactive ketones (excluding diaryl/α,β-unsaturated/α-hetero) is 4. The normalized spacial score (nSPS) is 15.8. The summed E-state index contributed by atoms with van der Waals surface area (Å²) in [6.45, 7) is -0.0714. The van der Waals surface area contributed by atoms with Gasteiger partial charge in [0.15, 0.2) is 0 Å². The molecule has 0 saturated heterocycles. The summed E-state index contributed by atoms with van der Waals surface area (Å²) < 4.78 is 65.1. The van der Waals surface area contributed by atoms with Gasteiger partial charge in [-0.05, 0) is 42.0 Å². The van der Waals surface area contributed by atoms with Crippen molar-refractivity contribution in [2.45, 2.75) is 6.61 Å². The molecule has 0 bridgehead atoms. The van der Waals surface area contributed by atoms with Crippen LogP contribution in [0.4, 0.5) is 22.4 Å². The van der Waals surface area contributed by atoms with E-state index >= 15 is 0 Å². The second-order valence-electron chi connectivity index (χ2n) is 11.2. The molecular formula is C36H15F4NO6S2. The molecule has 0 spiro atoms. The topological polar surface area (TPSA) is 99.5 Å². The van der Waals surface area contributed by atoms with Crippen molar-refractivity contribution in [3.05, 3.63) is 128 Å². The smallest absolute Gasteiger partial charge is 0.419 e. The van der Waals surface area contributed by atoms with Crippen molar-refractivity contribution in [2.75, 3.05) is 0 Å². The lowest BCUT2D eigenvalue weighted by atomic mass is 10.1. The van der Waals surface area contributed by atoms with Gasteiger partial charge in [0, 0.05) is 44.2 Å². The third kappa shape index (κ3) is 4.80. The SMILES string of the molecule is O=C1C(=O)c2c(F)cc(F)cc2/C1=C/c1cc2c(s1)c1sc(/C=C3\C(=O)C(=O)c4c(F)cc(F)cc43)cc1n2C(=O)OCc1ccccc1. The van der Waals surface area contributed by atoms with Gasteiger partial charge < -0.3 is 4.74 Å². The second kappa shape index (κ2) is 11.1. The third-order valence-corrected chi connectivity index (χ3v) is 10.5. The highest BCUT2D eigenvalue weighted by atomic mass is 32.1. The molecule has 0 atom stereocenters. The molecule has 240 valence electrons. The highest BCUT2D eigenvalue weighted by molar-refractivity contribution is 7.28. The van der Waals surface area contributed by atoms with Crippen molar-refractivity contribution >= 4 is 95.6 Å². The Labute approximate surface area is 280 Å². The monoisotopic (exact) mass is 697 g/mol. The zero-order chi connectivity index (χ0) is 34.3. The number of ether oxygens (including phenoxy) is 1. The predicted octanol–water partition coefficient (Wildman–Crippen LogP) is 8.27. The van der Waals surface area contributed by atoms with Crippen LogP contribution in [0.15, 0.2) is 66.7 Å². The van der Waals surface area contributed by atoms with E-state index in [9.17, 15) is 41.5 Å². The van der Waals surface area contributed by atoms with Crippen LogP contribution in [0.25, 0.3) is 43.7 Å². The van der Waals surface area contributed by atoms with Crippen LogP contribution in [0, 0.1) is 23.3 Å². The highest BCUT2D eigenvalue weighted by Gasteiger charge is 2.38. The minimum Gasteiger partial charge on any atom is -0.444 e. The first-order valence-electron chi connectivity index (χ1n) is 14.4. The van der Waals surface area contributed by atoms with Gasteiger partial charge in [0.2, 0.25) is 23.1 Å². The van der Waals surface area contributed by atoms with Crippen molar-refractivity contribution in [1.82, 2.24) is 4.57 Å². The maximum absolute atomic E-state index is 14.5. The van der Waals surface area contributed by atoms with E-state index in [0.29, 0.717) is 47.9 Å². The molecule has 0 N–H and O–H groups in total. The molecule has 3 aromatic carbocycles. The summed E-state index contributed by atoms with van der Waals surface area (Å²) in [6, 6.07) is 14.9. The van der Waals surface area contributed by atoms with Crippen LogP contribution in [0.1, 0.15) is 47.2 Å². The Morgan fingerprint density at radius 2 is 1.12 bits per heavy atom. The van der Waals surface area contributed by atoms with Gasteiger partial charge in [-0.3, -0.25) is 19.2 Å². The van der Waals surface area contributed by atoms with E-state index in [4.69, 9.17) is 4.74 Å². The summed E-state index contributed by atoms with van der Waals surface area (Å²) >= 11 is 2.23. The van der Waals surface area contributed by atoms with E-state index in [2.05, 4.69) is 0 Å². The third-order valence-electron chi connectivity index (χ3n) is 8.16. The van der Waals surface area contributed by atoms with Crippen molar-refractivity contribution in [2.24, 2.45) is 0 Å². The van der Waals surface area contributed by atoms with Crippen molar-refractivity contribution in [3.63, 3.8) is 0 Å². The lowest BCUT2D eigenvalue weighted by molar-refractivity contribution is -0.110. The summed E-state index contributed by atoms with van der Waals surface area (Å²) in [4.78, 5) is 65.2. The molecule has 49 heavy (non-hydrogen) atoms. The van der Waals surface area contributed by atoms with Crippen LogP contribution in [0.5, 0.6) is 0 Å². The lowest BCUT2D eigenvalue weighted by Gasteiger charge is -2.07. The first-order valence-corrected chi connectivity index (χ1v) is 16.0. The van der Waals surface area contributed by atoms with Crippen molar-refractivity contribution in [3.8, 4) is 0 Å². The number of ketones is 4. The van der Waals surface area contributed by atoms with E-state index in [1.807, 2.05) is 0 Å². The van der Waals surface area contributed by atoms with Crippen molar-refractivity contribution in [1.29, 1.82) is 0 Å². The second-order valence-corrected chi connectivity index (χ2v) is 13.3. The van der Waals surface area contributed by atoms with E-state index in [1.165, 1.54) is 16.7 Å². The summed E-state index contributed by atoms with van der Waals surface area (Å²) in [7, 11) is 0. The van der Waals surface area contributed by atoms with Gasteiger partial charge >= 0.3 is 6.09 Å². The quantitative estimate of drug-likeness (QED) is 0.105. The molecule has 3 aromatic heterocycles. The minimum absolute atomic E-state index is 0.0714. The maximum Gasteiger partial charge on any atom is 0.419 e. The number of carbonyl (C=O) groups excluding carboxylic acids is 5. The molecule has 0 fully saturated rings. The molecule has 6 aromatic rings. The van der Waals surface area contributed by atoms with Gasteiger partial charge in [-0.2, -0.15) is 0 Å². The molecule has 2 aliphatic rings. The predicted molar refractivity (Wildman–Crippen MR) is 174 cm³/mol. The Bertz CT molecular complexity index is 2440. The minimum atomic E-state index is -1.15. The number of fused-ring (bicyclic) bond motifs is 5. The first kappa shape index (κ1) is 30.5. The summed E-state index contributed by atoms with van der Waals surface area (Å²) in [5, 5.41) is 0. The van der Waals surface area contributed by atoms with Gasteiger partial charge in [0.25, 0.3) is 0 Å². The van der Waals surface area contributed by atoms with Gasteiger partial charge in [0.1, 0.15) is 29.9 Å². The number of allylic oxidation sites excluding steroid dienone is 2. The van der Waals surface area contributed by atoms with Gasteiger partial charge in [-0.15, -0.1) is 22.7 Å². The Balaban J connectivity index is 1.28. The van der Waals surface area contributed by atoms with E-state index < -0.39 is 63.6 Å². The molecule has 0 saturated carbocycles. The number of benzene rings is 3. The molecule has 0 unspecified atom stereocenters. The van der Waals surface area contributed by atoms with Crippen LogP contribution in [0.2, 0.25) is 0 Å². The van der Waals surface area contributed by atoms with E-state index in [1.54, 1.807) is 42.5 Å². The van der Waals surface area contributed by atoms with Crippen molar-refractivity contribution < 1.29 is 46.3 Å². The Morgan fingerprint density at radius 1 is 0.653 bits per heavy atom. The van der Waals surface area contributed by atoms with Gasteiger partial charge in [-0.1, -0.05) is 30.3 Å². The number of rotatable bonds is 4. The van der Waals surface area contributed by atoms with Crippen LogP contribution in [-0.4, -0.2) is 33.8 Å². The average Bonchev–Trinajstić information content (AvgIpc) is 3.82. The fourth-order valence-electron chi connectivity index (χ4n) is 6.03. The number of carbonyl (C=O) groups is 5. The lowest BCUT2D eigenvalue weighted by Crippen LogP contribution is -2.12. The number of thiophene rings is 2. The van der Waals surface area contributed by atoms with E-state index in [-0.39, 0.29) is 28.9 Å². The van der Waals surface area contributed by atoms with E-state index in [0.717, 1.165) is 34.8 Å². The molecular weight excluding hydrogens is 683 g/mol. The Morgan fingerprint density at radius 3 is 1.59 bits per heavy atom.